The molecule has 122 valence electrons. The highest BCUT2D eigenvalue weighted by Crippen LogP contribution is 2.33. The summed E-state index contributed by atoms with van der Waals surface area (Å²) in [6.45, 7) is 0. The van der Waals surface area contributed by atoms with Gasteiger partial charge in [0.1, 0.15) is 17.2 Å². The van der Waals surface area contributed by atoms with E-state index in [1.807, 2.05) is 30.3 Å². The Bertz CT molecular complexity index is 1100. The minimum absolute atomic E-state index is 0.0713. The molecule has 25 heavy (non-hydrogen) atoms. The predicted molar refractivity (Wildman–Crippen MR) is 96.0 cm³/mol. The Hall–Kier alpha value is -3.60. The smallest absolute Gasteiger partial charge is 0.260 e. The van der Waals surface area contributed by atoms with Crippen LogP contribution in [-0.4, -0.2) is 15.1 Å². The number of aromatic amines is 1. The lowest BCUT2D eigenvalue weighted by molar-refractivity contribution is 0.480. The van der Waals surface area contributed by atoms with Gasteiger partial charge in [0.25, 0.3) is 5.56 Å². The normalized spacial score (nSPS) is 10.7. The molecule has 2 heterocycles. The lowest BCUT2D eigenvalue weighted by Gasteiger charge is -2.10. The van der Waals surface area contributed by atoms with Crippen LogP contribution >= 0.6 is 0 Å². The number of hydrogen-bond acceptors (Lipinski definition) is 4. The summed E-state index contributed by atoms with van der Waals surface area (Å²) in [4.78, 5) is 19.1. The molecule has 0 aliphatic heterocycles. The number of rotatable bonds is 3. The Labute approximate surface area is 143 Å². The summed E-state index contributed by atoms with van der Waals surface area (Å²) in [6, 6.07) is 18.1. The van der Waals surface area contributed by atoms with Gasteiger partial charge in [-0.05, 0) is 35.9 Å². The van der Waals surface area contributed by atoms with Gasteiger partial charge in [0, 0.05) is 11.6 Å². The maximum Gasteiger partial charge on any atom is 0.260 e. The number of nitrogens with one attached hydrogen (secondary N) is 1. The zero-order valence-corrected chi connectivity index (χ0v) is 13.1. The van der Waals surface area contributed by atoms with Crippen molar-refractivity contribution in [3.63, 3.8) is 0 Å². The molecule has 0 radical (unpaired) electrons. The fourth-order valence-electron chi connectivity index (χ4n) is 2.74. The molecule has 2 N–H and O–H groups in total. The highest BCUT2D eigenvalue weighted by atomic mass is 16.5. The van der Waals surface area contributed by atoms with E-state index >= 15 is 0 Å². The van der Waals surface area contributed by atoms with Crippen LogP contribution in [0, 0.1) is 0 Å². The van der Waals surface area contributed by atoms with Gasteiger partial charge in [-0.3, -0.25) is 9.78 Å². The van der Waals surface area contributed by atoms with Gasteiger partial charge in [-0.25, -0.2) is 0 Å². The first-order chi connectivity index (χ1) is 12.2. The molecule has 2 aromatic heterocycles. The number of nitrogens with zero attached hydrogens (tertiary/aromatic N) is 1. The number of aromatic nitrogens is 2. The number of ether oxygens (including phenoxy) is 1. The van der Waals surface area contributed by atoms with Crippen molar-refractivity contribution in [2.24, 2.45) is 0 Å². The lowest BCUT2D eigenvalue weighted by atomic mass is 10.0. The number of aromatic hydroxyl groups is 1. The minimum Gasteiger partial charge on any atom is -0.506 e. The first-order valence-corrected chi connectivity index (χ1v) is 7.75. The van der Waals surface area contributed by atoms with Crippen LogP contribution in [0.1, 0.15) is 0 Å². The molecule has 0 bridgehead atoms. The Kier molecular flexibility index (Phi) is 3.67. The summed E-state index contributed by atoms with van der Waals surface area (Å²) in [5.74, 6) is 1.21. The van der Waals surface area contributed by atoms with Gasteiger partial charge in [-0.2, -0.15) is 0 Å². The molecule has 0 unspecified atom stereocenters. The van der Waals surface area contributed by atoms with E-state index in [0.717, 1.165) is 0 Å². The van der Waals surface area contributed by atoms with Gasteiger partial charge in [0.05, 0.1) is 17.3 Å². The van der Waals surface area contributed by atoms with Crippen molar-refractivity contribution in [1.29, 1.82) is 0 Å². The summed E-state index contributed by atoms with van der Waals surface area (Å²) in [5, 5.41) is 11.1. The summed E-state index contributed by atoms with van der Waals surface area (Å²) < 4.78 is 5.80. The highest BCUT2D eigenvalue weighted by molar-refractivity contribution is 5.91. The topological polar surface area (TPSA) is 75.2 Å². The van der Waals surface area contributed by atoms with Gasteiger partial charge < -0.3 is 14.8 Å². The highest BCUT2D eigenvalue weighted by Gasteiger charge is 2.14. The van der Waals surface area contributed by atoms with Crippen molar-refractivity contribution in [3.8, 4) is 28.4 Å². The third-order valence-electron chi connectivity index (χ3n) is 3.89. The second-order valence-corrected chi connectivity index (χ2v) is 5.54. The first-order valence-electron chi connectivity index (χ1n) is 7.75. The molecule has 0 spiro atoms. The molecule has 0 amide bonds. The third kappa shape index (κ3) is 2.83. The number of hydrogen-bond donors (Lipinski definition) is 2. The van der Waals surface area contributed by atoms with E-state index in [0.29, 0.717) is 28.0 Å². The maximum absolute atomic E-state index is 12.4. The molecule has 5 heteroatoms. The van der Waals surface area contributed by atoms with Crippen LogP contribution < -0.4 is 10.3 Å². The molecule has 0 aliphatic carbocycles. The number of benzene rings is 2. The third-order valence-corrected chi connectivity index (χ3v) is 3.89. The molecular weight excluding hydrogens is 316 g/mol. The van der Waals surface area contributed by atoms with Gasteiger partial charge in [-0.1, -0.05) is 30.3 Å². The lowest BCUT2D eigenvalue weighted by Crippen LogP contribution is -2.09. The molecule has 0 fully saturated rings. The first kappa shape index (κ1) is 15.0. The van der Waals surface area contributed by atoms with Crippen molar-refractivity contribution in [3.05, 3.63) is 83.4 Å². The van der Waals surface area contributed by atoms with E-state index < -0.39 is 0 Å². The van der Waals surface area contributed by atoms with Crippen molar-refractivity contribution in [2.75, 3.05) is 0 Å². The van der Waals surface area contributed by atoms with Gasteiger partial charge >= 0.3 is 0 Å². The number of fused-ring (bicyclic) bond motifs is 1. The fourth-order valence-corrected chi connectivity index (χ4v) is 2.74. The molecule has 0 aliphatic rings. The Balaban J connectivity index is 1.82. The number of para-hydroxylation sites is 1. The van der Waals surface area contributed by atoms with Crippen LogP contribution in [0.5, 0.6) is 17.2 Å². The largest absolute Gasteiger partial charge is 0.506 e. The Morgan fingerprint density at radius 3 is 2.60 bits per heavy atom. The average Bonchev–Trinajstić information content (AvgIpc) is 2.63. The van der Waals surface area contributed by atoms with Crippen molar-refractivity contribution in [1.82, 2.24) is 9.97 Å². The van der Waals surface area contributed by atoms with E-state index in [2.05, 4.69) is 9.97 Å². The van der Waals surface area contributed by atoms with Crippen LogP contribution in [-0.2, 0) is 0 Å². The van der Waals surface area contributed by atoms with Crippen LogP contribution in [0.4, 0.5) is 0 Å². The molecule has 2 aromatic carbocycles. The molecular formula is C20H14N2O3. The summed E-state index contributed by atoms with van der Waals surface area (Å²) >= 11 is 0. The Morgan fingerprint density at radius 2 is 1.76 bits per heavy atom. The van der Waals surface area contributed by atoms with Gasteiger partial charge in [0.2, 0.25) is 0 Å². The second-order valence-electron chi connectivity index (χ2n) is 5.54. The molecule has 0 atom stereocenters. The summed E-state index contributed by atoms with van der Waals surface area (Å²) in [6.07, 6.45) is 3.08. The van der Waals surface area contributed by atoms with Crippen molar-refractivity contribution in [2.45, 2.75) is 0 Å². The fraction of sp³-hybridized carbons (Fsp3) is 0. The average molecular weight is 330 g/mol. The van der Waals surface area contributed by atoms with Crippen molar-refractivity contribution >= 4 is 10.9 Å². The quantitative estimate of drug-likeness (QED) is 0.593. The van der Waals surface area contributed by atoms with Gasteiger partial charge in [0.15, 0.2) is 0 Å². The van der Waals surface area contributed by atoms with Crippen LogP contribution in [0.2, 0.25) is 0 Å². The van der Waals surface area contributed by atoms with Crippen LogP contribution in [0.15, 0.2) is 77.9 Å². The zero-order valence-electron chi connectivity index (χ0n) is 13.1. The summed E-state index contributed by atoms with van der Waals surface area (Å²) in [7, 11) is 0. The molecule has 5 nitrogen and oxygen atoms in total. The number of pyridine rings is 2. The zero-order chi connectivity index (χ0) is 17.2. The molecule has 0 saturated carbocycles. The standard InChI is InChI=1S/C20H14N2O3/c23-19-16-9-10-21-12-17(16)22-20(24)18(19)13-5-4-8-15(11-13)25-14-6-2-1-3-7-14/h1-12H,(H2,22,23,24). The van der Waals surface area contributed by atoms with E-state index in [1.165, 1.54) is 6.20 Å². The maximum atomic E-state index is 12.4. The van der Waals surface area contributed by atoms with E-state index in [1.54, 1.807) is 36.5 Å². The monoisotopic (exact) mass is 330 g/mol. The molecule has 0 saturated heterocycles. The van der Waals surface area contributed by atoms with E-state index in [9.17, 15) is 9.90 Å². The second kappa shape index (κ2) is 6.13. The predicted octanol–water partition coefficient (Wildman–Crippen LogP) is 4.09. The summed E-state index contributed by atoms with van der Waals surface area (Å²) in [5.41, 5.74) is 0.892. The van der Waals surface area contributed by atoms with E-state index in [-0.39, 0.29) is 16.9 Å². The SMILES string of the molecule is O=c1[nH]c2cnccc2c(O)c1-c1cccc(Oc2ccccc2)c1. The Morgan fingerprint density at radius 1 is 0.960 bits per heavy atom. The van der Waals surface area contributed by atoms with Crippen LogP contribution in [0.3, 0.4) is 0 Å². The van der Waals surface area contributed by atoms with E-state index in [4.69, 9.17) is 4.74 Å². The molecule has 4 aromatic rings. The van der Waals surface area contributed by atoms with Gasteiger partial charge in [-0.15, -0.1) is 0 Å². The van der Waals surface area contributed by atoms with Crippen LogP contribution in [0.25, 0.3) is 22.0 Å². The van der Waals surface area contributed by atoms with Crippen molar-refractivity contribution < 1.29 is 9.84 Å². The minimum atomic E-state index is -0.380. The molecule has 4 rings (SSSR count). The number of H-pyrrole nitrogens is 1.